The van der Waals surface area contributed by atoms with Gasteiger partial charge >= 0.3 is 0 Å². The first-order valence-electron chi connectivity index (χ1n) is 6.59. The summed E-state index contributed by atoms with van der Waals surface area (Å²) in [4.78, 5) is 13.8. The van der Waals surface area contributed by atoms with Crippen molar-refractivity contribution in [2.75, 3.05) is 31.1 Å². The van der Waals surface area contributed by atoms with Crippen molar-refractivity contribution < 1.29 is 8.91 Å². The summed E-state index contributed by atoms with van der Waals surface area (Å²) >= 11 is 0. The standard InChI is InChI=1S/C12H16N2O/c1-10(15)11-2-4-12(5-3-11)14-8-6-13-7-9-14/h2-5,13H,6-9H2,1H3/i1D3. The van der Waals surface area contributed by atoms with E-state index in [1.165, 1.54) is 0 Å². The number of rotatable bonds is 2. The van der Waals surface area contributed by atoms with Crippen molar-refractivity contribution >= 4 is 11.5 Å². The fraction of sp³-hybridized carbons (Fsp3) is 0.417. The van der Waals surface area contributed by atoms with Gasteiger partial charge in [-0.3, -0.25) is 4.79 Å². The lowest BCUT2D eigenvalue weighted by molar-refractivity contribution is 0.101. The minimum Gasteiger partial charge on any atom is -0.369 e. The number of benzene rings is 1. The molecule has 1 heterocycles. The number of carbonyl (C=O) groups excluding carboxylic acids is 1. The second kappa shape index (κ2) is 4.45. The summed E-state index contributed by atoms with van der Waals surface area (Å²) in [6.45, 7) is 1.17. The van der Waals surface area contributed by atoms with E-state index >= 15 is 0 Å². The van der Waals surface area contributed by atoms with Gasteiger partial charge in [-0.1, -0.05) is 0 Å². The molecule has 80 valence electrons. The summed E-state index contributed by atoms with van der Waals surface area (Å²) in [5.41, 5.74) is 1.27. The van der Waals surface area contributed by atoms with Gasteiger partial charge in [0.15, 0.2) is 5.78 Å². The van der Waals surface area contributed by atoms with Gasteiger partial charge in [0.05, 0.1) is 0 Å². The third-order valence-corrected chi connectivity index (χ3v) is 2.61. The number of nitrogens with one attached hydrogen (secondary N) is 1. The molecule has 1 aromatic rings. The average molecular weight is 207 g/mol. The maximum absolute atomic E-state index is 11.6. The molecule has 1 fully saturated rings. The number of carbonyl (C=O) groups is 1. The first-order valence-corrected chi connectivity index (χ1v) is 5.09. The van der Waals surface area contributed by atoms with Gasteiger partial charge in [-0.15, -0.1) is 0 Å². The molecule has 1 aromatic carbocycles. The summed E-state index contributed by atoms with van der Waals surface area (Å²) in [5, 5.41) is 3.26. The highest BCUT2D eigenvalue weighted by Crippen LogP contribution is 2.15. The molecule has 0 bridgehead atoms. The van der Waals surface area contributed by atoms with Gasteiger partial charge in [0.2, 0.25) is 0 Å². The Morgan fingerprint density at radius 3 is 2.60 bits per heavy atom. The lowest BCUT2D eigenvalue weighted by Gasteiger charge is -2.29. The second-order valence-corrected chi connectivity index (χ2v) is 3.61. The van der Waals surface area contributed by atoms with Crippen molar-refractivity contribution in [3.8, 4) is 0 Å². The number of hydrogen-bond donors (Lipinski definition) is 1. The summed E-state index contributed by atoms with van der Waals surface area (Å²) in [6.07, 6.45) is 0. The first kappa shape index (κ1) is 7.01. The van der Waals surface area contributed by atoms with E-state index in [1.54, 1.807) is 12.1 Å². The average Bonchev–Trinajstić information content (AvgIpc) is 2.38. The Hall–Kier alpha value is -1.35. The van der Waals surface area contributed by atoms with Crippen molar-refractivity contribution in [1.82, 2.24) is 5.32 Å². The van der Waals surface area contributed by atoms with E-state index < -0.39 is 12.6 Å². The number of anilines is 1. The third-order valence-electron chi connectivity index (χ3n) is 2.61. The molecule has 0 radical (unpaired) electrons. The molecule has 1 N–H and O–H groups in total. The molecular formula is C12H16N2O. The normalized spacial score (nSPS) is 20.3. The van der Waals surface area contributed by atoms with E-state index in [1.807, 2.05) is 12.1 Å². The Balaban J connectivity index is 2.12. The highest BCUT2D eigenvalue weighted by Gasteiger charge is 2.10. The summed E-state index contributed by atoms with van der Waals surface area (Å²) in [6, 6.07) is 6.80. The Morgan fingerprint density at radius 2 is 2.00 bits per heavy atom. The molecule has 0 amide bonds. The molecule has 1 aliphatic heterocycles. The number of hydrogen-bond acceptors (Lipinski definition) is 3. The molecule has 15 heavy (non-hydrogen) atoms. The van der Waals surface area contributed by atoms with Crippen LogP contribution >= 0.6 is 0 Å². The first-order chi connectivity index (χ1) is 8.48. The topological polar surface area (TPSA) is 32.3 Å². The van der Waals surface area contributed by atoms with E-state index in [0.29, 0.717) is 0 Å². The van der Waals surface area contributed by atoms with Crippen molar-refractivity contribution in [2.24, 2.45) is 0 Å². The van der Waals surface area contributed by atoms with Gasteiger partial charge in [-0.25, -0.2) is 0 Å². The van der Waals surface area contributed by atoms with Gasteiger partial charge in [-0.05, 0) is 31.1 Å². The van der Waals surface area contributed by atoms with Crippen molar-refractivity contribution in [2.45, 2.75) is 6.85 Å². The zero-order valence-electron chi connectivity index (χ0n) is 11.5. The Bertz CT molecular complexity index is 422. The molecule has 0 aromatic heterocycles. The summed E-state index contributed by atoms with van der Waals surface area (Å²) in [7, 11) is 0. The van der Waals surface area contributed by atoms with Crippen molar-refractivity contribution in [3.63, 3.8) is 0 Å². The van der Waals surface area contributed by atoms with Gasteiger partial charge in [-0.2, -0.15) is 0 Å². The Kier molecular flexibility index (Phi) is 2.08. The molecule has 0 atom stereocenters. The van der Waals surface area contributed by atoms with Crippen molar-refractivity contribution in [1.29, 1.82) is 0 Å². The quantitative estimate of drug-likeness (QED) is 0.742. The molecule has 0 saturated carbocycles. The SMILES string of the molecule is [2H]C([2H])([2H])C(=O)c1ccc(N2CCNCC2)cc1. The molecule has 1 saturated heterocycles. The molecule has 0 aliphatic carbocycles. The summed E-state index contributed by atoms with van der Waals surface area (Å²) < 4.78 is 21.3. The third kappa shape index (κ3) is 2.36. The molecule has 2 rings (SSSR count). The van der Waals surface area contributed by atoms with Crippen LogP contribution in [0.3, 0.4) is 0 Å². The fourth-order valence-corrected chi connectivity index (χ4v) is 1.75. The second-order valence-electron chi connectivity index (χ2n) is 3.61. The summed E-state index contributed by atoms with van der Waals surface area (Å²) in [5.74, 6) is -0.797. The molecule has 3 nitrogen and oxygen atoms in total. The molecule has 0 unspecified atom stereocenters. The van der Waals surface area contributed by atoms with Gasteiger partial charge in [0.1, 0.15) is 0 Å². The number of ketones is 1. The predicted molar refractivity (Wildman–Crippen MR) is 61.5 cm³/mol. The molecular weight excluding hydrogens is 188 g/mol. The van der Waals surface area contributed by atoms with Crippen LogP contribution in [-0.4, -0.2) is 32.0 Å². The number of nitrogens with zero attached hydrogens (tertiary/aromatic N) is 1. The molecule has 3 heteroatoms. The van der Waals surface area contributed by atoms with E-state index in [2.05, 4.69) is 10.2 Å². The maximum Gasteiger partial charge on any atom is 0.159 e. The zero-order valence-corrected chi connectivity index (χ0v) is 8.49. The van der Waals surface area contributed by atoms with E-state index in [0.717, 1.165) is 31.9 Å². The van der Waals surface area contributed by atoms with Crippen LogP contribution in [0.25, 0.3) is 0 Å². The number of piperazine rings is 1. The Morgan fingerprint density at radius 1 is 1.33 bits per heavy atom. The van der Waals surface area contributed by atoms with Crippen LogP contribution in [0.4, 0.5) is 5.69 Å². The lowest BCUT2D eigenvalue weighted by atomic mass is 10.1. The van der Waals surface area contributed by atoms with E-state index in [9.17, 15) is 4.79 Å². The zero-order chi connectivity index (χ0) is 13.2. The van der Waals surface area contributed by atoms with E-state index in [4.69, 9.17) is 4.11 Å². The smallest absolute Gasteiger partial charge is 0.159 e. The number of Topliss-reactive ketones (excluding diaryl/α,β-unsaturated/α-hetero) is 1. The molecule has 1 aliphatic rings. The highest BCUT2D eigenvalue weighted by atomic mass is 16.1. The van der Waals surface area contributed by atoms with Crippen LogP contribution in [0.1, 0.15) is 21.3 Å². The van der Waals surface area contributed by atoms with Gasteiger partial charge in [0, 0.05) is 41.5 Å². The van der Waals surface area contributed by atoms with E-state index in [-0.39, 0.29) is 5.56 Å². The monoisotopic (exact) mass is 207 g/mol. The fourth-order valence-electron chi connectivity index (χ4n) is 1.75. The van der Waals surface area contributed by atoms with Crippen LogP contribution in [0.5, 0.6) is 0 Å². The van der Waals surface area contributed by atoms with Crippen LogP contribution < -0.4 is 10.2 Å². The minimum atomic E-state index is -2.56. The van der Waals surface area contributed by atoms with Crippen LogP contribution in [0.15, 0.2) is 24.3 Å². The van der Waals surface area contributed by atoms with Crippen LogP contribution in [0.2, 0.25) is 0 Å². The largest absolute Gasteiger partial charge is 0.369 e. The Labute approximate surface area is 94.3 Å². The van der Waals surface area contributed by atoms with Crippen LogP contribution in [0, 0.1) is 0 Å². The van der Waals surface area contributed by atoms with Crippen LogP contribution in [-0.2, 0) is 0 Å². The lowest BCUT2D eigenvalue weighted by Crippen LogP contribution is -2.43. The predicted octanol–water partition coefficient (Wildman–Crippen LogP) is 1.30. The van der Waals surface area contributed by atoms with Crippen molar-refractivity contribution in [3.05, 3.63) is 29.8 Å². The maximum atomic E-state index is 11.6. The highest BCUT2D eigenvalue weighted by molar-refractivity contribution is 5.94. The minimum absolute atomic E-state index is 0.244. The van der Waals surface area contributed by atoms with Gasteiger partial charge < -0.3 is 10.2 Å². The van der Waals surface area contributed by atoms with Gasteiger partial charge in [0.25, 0.3) is 0 Å². The molecule has 0 spiro atoms.